The monoisotopic (exact) mass is 154 g/mol. The van der Waals surface area contributed by atoms with Crippen molar-refractivity contribution in [2.24, 2.45) is 5.41 Å². The van der Waals surface area contributed by atoms with Crippen molar-refractivity contribution in [2.75, 3.05) is 34.2 Å². The van der Waals surface area contributed by atoms with E-state index in [1.807, 2.05) is 0 Å². The fourth-order valence-electron chi connectivity index (χ4n) is 2.60. The molecule has 1 aliphatic heterocycles. The van der Waals surface area contributed by atoms with Gasteiger partial charge in [0, 0.05) is 18.0 Å². The molecule has 0 bridgehead atoms. The Bertz CT molecular complexity index is 167. The average Bonchev–Trinajstić information content (AvgIpc) is 2.48. The first-order valence-electron chi connectivity index (χ1n) is 4.49. The maximum absolute atomic E-state index is 2.46. The molecule has 2 aliphatic rings. The lowest BCUT2D eigenvalue weighted by atomic mass is 10.1. The molecule has 2 atom stereocenters. The molecule has 64 valence electrons. The van der Waals surface area contributed by atoms with E-state index in [1.165, 1.54) is 25.9 Å². The van der Waals surface area contributed by atoms with E-state index < -0.39 is 0 Å². The van der Waals surface area contributed by atoms with Crippen LogP contribution in [-0.2, 0) is 0 Å². The highest BCUT2D eigenvalue weighted by atomic mass is 15.2. The minimum atomic E-state index is 0.707. The third-order valence-electron chi connectivity index (χ3n) is 3.35. The Morgan fingerprint density at radius 2 is 2.18 bits per heavy atom. The fourth-order valence-corrected chi connectivity index (χ4v) is 2.60. The van der Waals surface area contributed by atoms with Crippen molar-refractivity contribution >= 4 is 0 Å². The number of rotatable bonds is 1. The standard InChI is InChI=1S/C9H18N2/c1-10(2)8-6-9(8)4-5-11(3)7-9/h8H,4-7H2,1-3H3. The topological polar surface area (TPSA) is 6.48 Å². The highest BCUT2D eigenvalue weighted by Crippen LogP contribution is 2.54. The van der Waals surface area contributed by atoms with Crippen LogP contribution in [0.2, 0.25) is 0 Å². The number of hydrogen-bond donors (Lipinski definition) is 0. The third kappa shape index (κ3) is 1.09. The van der Waals surface area contributed by atoms with Gasteiger partial charge >= 0.3 is 0 Å². The van der Waals surface area contributed by atoms with E-state index in [9.17, 15) is 0 Å². The minimum absolute atomic E-state index is 0.707. The number of likely N-dealkylation sites (tertiary alicyclic amines) is 1. The van der Waals surface area contributed by atoms with E-state index in [2.05, 4.69) is 30.9 Å². The molecule has 0 aromatic rings. The summed E-state index contributed by atoms with van der Waals surface area (Å²) in [5.41, 5.74) is 0.707. The SMILES string of the molecule is CN1CCC2(CC2N(C)C)C1. The van der Waals surface area contributed by atoms with E-state index in [-0.39, 0.29) is 0 Å². The van der Waals surface area contributed by atoms with Gasteiger partial charge in [0.25, 0.3) is 0 Å². The van der Waals surface area contributed by atoms with Gasteiger partial charge in [-0.05, 0) is 40.5 Å². The molecule has 0 aromatic heterocycles. The fraction of sp³-hybridized carbons (Fsp3) is 1.00. The summed E-state index contributed by atoms with van der Waals surface area (Å²) < 4.78 is 0. The van der Waals surface area contributed by atoms with Crippen LogP contribution < -0.4 is 0 Å². The van der Waals surface area contributed by atoms with Gasteiger partial charge in [0.1, 0.15) is 0 Å². The lowest BCUT2D eigenvalue weighted by Gasteiger charge is -2.14. The Morgan fingerprint density at radius 3 is 2.55 bits per heavy atom. The zero-order valence-corrected chi connectivity index (χ0v) is 7.80. The van der Waals surface area contributed by atoms with Crippen LogP contribution in [-0.4, -0.2) is 50.1 Å². The second-order valence-corrected chi connectivity index (χ2v) is 4.53. The van der Waals surface area contributed by atoms with Gasteiger partial charge in [-0.1, -0.05) is 0 Å². The molecule has 2 rings (SSSR count). The van der Waals surface area contributed by atoms with Crippen molar-refractivity contribution in [1.29, 1.82) is 0 Å². The summed E-state index contributed by atoms with van der Waals surface area (Å²) in [5.74, 6) is 0. The van der Waals surface area contributed by atoms with Gasteiger partial charge in [0.05, 0.1) is 0 Å². The summed E-state index contributed by atoms with van der Waals surface area (Å²) in [5, 5.41) is 0. The Labute approximate surface area is 69.2 Å². The zero-order chi connectivity index (χ0) is 8.06. The van der Waals surface area contributed by atoms with Crippen molar-refractivity contribution in [3.63, 3.8) is 0 Å². The summed E-state index contributed by atoms with van der Waals surface area (Å²) in [7, 11) is 6.65. The molecule has 1 aliphatic carbocycles. The Morgan fingerprint density at radius 1 is 1.45 bits per heavy atom. The molecule has 2 nitrogen and oxygen atoms in total. The average molecular weight is 154 g/mol. The van der Waals surface area contributed by atoms with E-state index in [4.69, 9.17) is 0 Å². The molecule has 1 saturated heterocycles. The second-order valence-electron chi connectivity index (χ2n) is 4.53. The zero-order valence-electron chi connectivity index (χ0n) is 7.80. The predicted octanol–water partition coefficient (Wildman–Crippen LogP) is 0.642. The van der Waals surface area contributed by atoms with E-state index >= 15 is 0 Å². The van der Waals surface area contributed by atoms with Crippen LogP contribution in [0.5, 0.6) is 0 Å². The number of nitrogens with zero attached hydrogens (tertiary/aromatic N) is 2. The van der Waals surface area contributed by atoms with Crippen LogP contribution in [0.15, 0.2) is 0 Å². The van der Waals surface area contributed by atoms with Gasteiger partial charge in [0.2, 0.25) is 0 Å². The molecule has 0 radical (unpaired) electrons. The summed E-state index contributed by atoms with van der Waals surface area (Å²) in [6.45, 7) is 2.64. The molecule has 1 spiro atoms. The van der Waals surface area contributed by atoms with Gasteiger partial charge in [-0.15, -0.1) is 0 Å². The summed E-state index contributed by atoms with van der Waals surface area (Å²) in [4.78, 5) is 4.85. The van der Waals surface area contributed by atoms with Gasteiger partial charge in [-0.3, -0.25) is 0 Å². The van der Waals surface area contributed by atoms with E-state index in [0.29, 0.717) is 5.41 Å². The largest absolute Gasteiger partial charge is 0.306 e. The number of hydrogen-bond acceptors (Lipinski definition) is 2. The lowest BCUT2D eigenvalue weighted by Crippen LogP contribution is -2.23. The molecule has 11 heavy (non-hydrogen) atoms. The first-order chi connectivity index (χ1) is 5.14. The summed E-state index contributed by atoms with van der Waals surface area (Å²) in [6, 6.07) is 0.882. The third-order valence-corrected chi connectivity index (χ3v) is 3.35. The molecular weight excluding hydrogens is 136 g/mol. The van der Waals surface area contributed by atoms with Crippen molar-refractivity contribution in [3.05, 3.63) is 0 Å². The van der Waals surface area contributed by atoms with Crippen molar-refractivity contribution in [3.8, 4) is 0 Å². The molecule has 0 aromatic carbocycles. The molecule has 2 fully saturated rings. The first kappa shape index (κ1) is 7.56. The maximum atomic E-state index is 2.46. The molecule has 2 heteroatoms. The van der Waals surface area contributed by atoms with E-state index in [1.54, 1.807) is 0 Å². The molecular formula is C9H18N2. The molecule has 0 amide bonds. The van der Waals surface area contributed by atoms with Crippen molar-refractivity contribution in [2.45, 2.75) is 18.9 Å². The Balaban J connectivity index is 1.97. The van der Waals surface area contributed by atoms with Crippen LogP contribution in [0, 0.1) is 5.41 Å². The predicted molar refractivity (Wildman–Crippen MR) is 46.6 cm³/mol. The van der Waals surface area contributed by atoms with E-state index in [0.717, 1.165) is 6.04 Å². The minimum Gasteiger partial charge on any atom is -0.306 e. The molecule has 2 unspecified atom stereocenters. The van der Waals surface area contributed by atoms with Crippen LogP contribution in [0.3, 0.4) is 0 Å². The molecule has 1 heterocycles. The molecule has 0 N–H and O–H groups in total. The highest BCUT2D eigenvalue weighted by Gasteiger charge is 2.57. The summed E-state index contributed by atoms with van der Waals surface area (Å²) in [6.07, 6.45) is 2.86. The van der Waals surface area contributed by atoms with Crippen molar-refractivity contribution < 1.29 is 0 Å². The van der Waals surface area contributed by atoms with Crippen LogP contribution in [0.25, 0.3) is 0 Å². The Hall–Kier alpha value is -0.0800. The van der Waals surface area contributed by atoms with Crippen LogP contribution >= 0.6 is 0 Å². The highest BCUT2D eigenvalue weighted by molar-refractivity contribution is 5.11. The quantitative estimate of drug-likeness (QED) is 0.547. The van der Waals surface area contributed by atoms with Crippen molar-refractivity contribution in [1.82, 2.24) is 9.80 Å². The van der Waals surface area contributed by atoms with Gasteiger partial charge in [0.15, 0.2) is 0 Å². The van der Waals surface area contributed by atoms with Gasteiger partial charge in [-0.25, -0.2) is 0 Å². The normalized spacial score (nSPS) is 44.2. The Kier molecular flexibility index (Phi) is 1.52. The summed E-state index contributed by atoms with van der Waals surface area (Å²) >= 11 is 0. The maximum Gasteiger partial charge on any atom is 0.0165 e. The van der Waals surface area contributed by atoms with Crippen LogP contribution in [0.4, 0.5) is 0 Å². The van der Waals surface area contributed by atoms with Crippen LogP contribution in [0.1, 0.15) is 12.8 Å². The smallest absolute Gasteiger partial charge is 0.0165 e. The lowest BCUT2D eigenvalue weighted by molar-refractivity contribution is 0.313. The van der Waals surface area contributed by atoms with Gasteiger partial charge in [-0.2, -0.15) is 0 Å². The molecule has 1 saturated carbocycles. The first-order valence-corrected chi connectivity index (χ1v) is 4.49. The van der Waals surface area contributed by atoms with Gasteiger partial charge < -0.3 is 9.80 Å². The second kappa shape index (κ2) is 2.20.